The number of sulfonamides is 1. The largest absolute Gasteiger partial charge is 0.326 e. The molecule has 29 heavy (non-hydrogen) atoms. The fraction of sp³-hybridized carbons (Fsp3) is 0.529. The lowest BCUT2D eigenvalue weighted by atomic mass is 10.2. The highest BCUT2D eigenvalue weighted by Gasteiger charge is 2.39. The van der Waals surface area contributed by atoms with Crippen molar-refractivity contribution >= 4 is 27.6 Å². The van der Waals surface area contributed by atoms with Gasteiger partial charge in [0, 0.05) is 38.3 Å². The van der Waals surface area contributed by atoms with Crippen molar-refractivity contribution in [1.82, 2.24) is 19.4 Å². The molecule has 3 rings (SSSR count). The Morgan fingerprint density at radius 1 is 1.21 bits per heavy atom. The summed E-state index contributed by atoms with van der Waals surface area (Å²) in [6, 6.07) is 4.02. The van der Waals surface area contributed by atoms with Crippen molar-refractivity contribution < 1.29 is 22.9 Å². The number of rotatable bonds is 7. The number of hydrogen-bond donors (Lipinski definition) is 1. The van der Waals surface area contributed by atoms with Crippen molar-refractivity contribution in [3.8, 4) is 0 Å². The second-order valence-corrected chi connectivity index (χ2v) is 8.91. The summed E-state index contributed by atoms with van der Waals surface area (Å²) in [7, 11) is -3.86. The van der Waals surface area contributed by atoms with E-state index in [0.29, 0.717) is 19.5 Å². The topological polar surface area (TPSA) is 133 Å². The Labute approximate surface area is 168 Å². The number of carbonyl (C=O) groups excluding carboxylic acids is 2. The summed E-state index contributed by atoms with van der Waals surface area (Å²) in [5.41, 5.74) is -0.287. The molecule has 2 aliphatic rings. The van der Waals surface area contributed by atoms with Crippen molar-refractivity contribution in [2.75, 3.05) is 32.8 Å². The maximum Gasteiger partial charge on any atom is 0.325 e. The van der Waals surface area contributed by atoms with E-state index in [1.807, 2.05) is 11.8 Å². The van der Waals surface area contributed by atoms with E-state index >= 15 is 0 Å². The van der Waals surface area contributed by atoms with Gasteiger partial charge >= 0.3 is 6.03 Å². The number of imide groups is 1. The third-order valence-electron chi connectivity index (χ3n) is 5.02. The zero-order chi connectivity index (χ0) is 21.2. The third kappa shape index (κ3) is 4.38. The van der Waals surface area contributed by atoms with E-state index in [0.717, 1.165) is 17.4 Å². The number of piperazine rings is 1. The quantitative estimate of drug-likeness (QED) is 0.384. The first-order valence-electron chi connectivity index (χ1n) is 9.33. The minimum atomic E-state index is -3.86. The van der Waals surface area contributed by atoms with E-state index in [-0.39, 0.29) is 36.2 Å². The predicted molar refractivity (Wildman–Crippen MR) is 102 cm³/mol. The second kappa shape index (κ2) is 8.43. The molecule has 0 spiro atoms. The number of nitro groups is 1. The molecule has 2 aliphatic heterocycles. The maximum atomic E-state index is 12.8. The van der Waals surface area contributed by atoms with Crippen molar-refractivity contribution in [1.29, 1.82) is 0 Å². The second-order valence-electron chi connectivity index (χ2n) is 6.98. The van der Waals surface area contributed by atoms with E-state index < -0.39 is 27.0 Å². The molecule has 0 aromatic heterocycles. The van der Waals surface area contributed by atoms with Crippen LogP contribution in [0.4, 0.5) is 10.5 Å². The highest BCUT2D eigenvalue weighted by atomic mass is 32.2. The van der Waals surface area contributed by atoms with Crippen LogP contribution in [-0.4, -0.2) is 78.3 Å². The van der Waals surface area contributed by atoms with Gasteiger partial charge in [0.1, 0.15) is 6.04 Å². The molecule has 0 aliphatic carbocycles. The van der Waals surface area contributed by atoms with E-state index in [4.69, 9.17) is 0 Å². The number of carbonyl (C=O) groups is 2. The Hall–Kier alpha value is -2.57. The Balaban J connectivity index is 1.62. The SMILES string of the molecule is CCC[C@H]1NC(=O)N(CN2CCN(S(=O)(=O)c3cccc([N+](=O)[O-])c3)CC2)C1=O. The number of amides is 3. The minimum Gasteiger partial charge on any atom is -0.326 e. The summed E-state index contributed by atoms with van der Waals surface area (Å²) >= 11 is 0. The first-order chi connectivity index (χ1) is 13.7. The zero-order valence-corrected chi connectivity index (χ0v) is 16.8. The molecule has 1 aromatic carbocycles. The molecule has 2 saturated heterocycles. The smallest absolute Gasteiger partial charge is 0.325 e. The van der Waals surface area contributed by atoms with Crippen LogP contribution < -0.4 is 5.32 Å². The fourth-order valence-electron chi connectivity index (χ4n) is 3.41. The Morgan fingerprint density at radius 3 is 2.52 bits per heavy atom. The summed E-state index contributed by atoms with van der Waals surface area (Å²) < 4.78 is 26.8. The van der Waals surface area contributed by atoms with Gasteiger partial charge in [0.2, 0.25) is 10.0 Å². The average molecular weight is 425 g/mol. The Kier molecular flexibility index (Phi) is 6.15. The van der Waals surface area contributed by atoms with Crippen LogP contribution in [0.2, 0.25) is 0 Å². The molecule has 0 unspecified atom stereocenters. The first-order valence-corrected chi connectivity index (χ1v) is 10.8. The van der Waals surface area contributed by atoms with Gasteiger partial charge < -0.3 is 5.32 Å². The van der Waals surface area contributed by atoms with Gasteiger partial charge in [0.15, 0.2) is 0 Å². The molecule has 1 atom stereocenters. The van der Waals surface area contributed by atoms with Crippen LogP contribution in [0.1, 0.15) is 19.8 Å². The summed E-state index contributed by atoms with van der Waals surface area (Å²) in [5.74, 6) is -0.261. The van der Waals surface area contributed by atoms with Crippen molar-refractivity contribution in [3.05, 3.63) is 34.4 Å². The molecule has 0 radical (unpaired) electrons. The Bertz CT molecular complexity index is 913. The van der Waals surface area contributed by atoms with Crippen molar-refractivity contribution in [2.45, 2.75) is 30.7 Å². The standard InChI is InChI=1S/C17H23N5O6S/c1-2-4-15-16(23)21(17(24)18-15)12-19-7-9-20(10-8-19)29(27,28)14-6-3-5-13(11-14)22(25)26/h3,5-6,11,15H,2,4,7-10,12H2,1H3,(H,18,24)/t15-/m1/s1. The zero-order valence-electron chi connectivity index (χ0n) is 16.0. The molecule has 158 valence electrons. The van der Waals surface area contributed by atoms with Gasteiger partial charge in [-0.3, -0.25) is 19.8 Å². The molecule has 12 heteroatoms. The Morgan fingerprint density at radius 2 is 1.90 bits per heavy atom. The molecule has 2 heterocycles. The van der Waals surface area contributed by atoms with Crippen molar-refractivity contribution in [3.63, 3.8) is 0 Å². The molecule has 3 amide bonds. The fourth-order valence-corrected chi connectivity index (χ4v) is 4.88. The lowest BCUT2D eigenvalue weighted by molar-refractivity contribution is -0.385. The molecule has 0 bridgehead atoms. The van der Waals surface area contributed by atoms with Gasteiger partial charge in [-0.15, -0.1) is 0 Å². The number of nitrogens with one attached hydrogen (secondary N) is 1. The average Bonchev–Trinajstić information content (AvgIpc) is 2.96. The molecule has 1 N–H and O–H groups in total. The number of non-ortho nitro benzene ring substituents is 1. The highest BCUT2D eigenvalue weighted by Crippen LogP contribution is 2.22. The van der Waals surface area contributed by atoms with Gasteiger partial charge in [0.05, 0.1) is 16.5 Å². The lowest BCUT2D eigenvalue weighted by Crippen LogP contribution is -2.52. The van der Waals surface area contributed by atoms with Gasteiger partial charge in [0.25, 0.3) is 11.6 Å². The molecule has 1 aromatic rings. The van der Waals surface area contributed by atoms with Crippen LogP contribution in [0.15, 0.2) is 29.2 Å². The molecule has 11 nitrogen and oxygen atoms in total. The van der Waals surface area contributed by atoms with Crippen LogP contribution in [0.25, 0.3) is 0 Å². The number of nitrogens with zero attached hydrogens (tertiary/aromatic N) is 4. The van der Waals surface area contributed by atoms with Crippen LogP contribution in [0.5, 0.6) is 0 Å². The third-order valence-corrected chi connectivity index (χ3v) is 6.92. The predicted octanol–water partition coefficient (Wildman–Crippen LogP) is 0.579. The van der Waals surface area contributed by atoms with E-state index in [2.05, 4.69) is 5.32 Å². The van der Waals surface area contributed by atoms with Crippen molar-refractivity contribution in [2.24, 2.45) is 0 Å². The van der Waals surface area contributed by atoms with E-state index in [1.165, 1.54) is 22.5 Å². The van der Waals surface area contributed by atoms with Crippen LogP contribution in [0.3, 0.4) is 0 Å². The lowest BCUT2D eigenvalue weighted by Gasteiger charge is -2.35. The number of urea groups is 1. The normalized spacial score (nSPS) is 21.4. The van der Waals surface area contributed by atoms with Gasteiger partial charge in [-0.2, -0.15) is 4.31 Å². The highest BCUT2D eigenvalue weighted by molar-refractivity contribution is 7.89. The summed E-state index contributed by atoms with van der Waals surface area (Å²) in [6.07, 6.45) is 1.36. The number of hydrogen-bond acceptors (Lipinski definition) is 7. The number of nitro benzene ring substituents is 1. The summed E-state index contributed by atoms with van der Waals surface area (Å²) in [5, 5.41) is 13.6. The summed E-state index contributed by atoms with van der Waals surface area (Å²) in [6.45, 7) is 3.03. The van der Waals surface area contributed by atoms with Crippen LogP contribution >= 0.6 is 0 Å². The van der Waals surface area contributed by atoms with E-state index in [9.17, 15) is 28.1 Å². The molecule has 2 fully saturated rings. The number of benzene rings is 1. The minimum absolute atomic E-state index is 0.107. The monoisotopic (exact) mass is 425 g/mol. The molecule has 0 saturated carbocycles. The summed E-state index contributed by atoms with van der Waals surface area (Å²) in [4.78, 5) is 37.5. The molecular formula is C17H23N5O6S. The first kappa shape index (κ1) is 21.1. The van der Waals surface area contributed by atoms with Gasteiger partial charge in [-0.05, 0) is 12.5 Å². The maximum absolute atomic E-state index is 12.8. The van der Waals surface area contributed by atoms with Gasteiger partial charge in [-0.1, -0.05) is 19.4 Å². The molecular weight excluding hydrogens is 402 g/mol. The van der Waals surface area contributed by atoms with Gasteiger partial charge in [-0.25, -0.2) is 18.1 Å². The van der Waals surface area contributed by atoms with Crippen LogP contribution in [0, 0.1) is 10.1 Å². The van der Waals surface area contributed by atoms with Crippen LogP contribution in [-0.2, 0) is 14.8 Å². The van der Waals surface area contributed by atoms with E-state index in [1.54, 1.807) is 0 Å².